The van der Waals surface area contributed by atoms with Gasteiger partial charge in [-0.1, -0.05) is 13.3 Å². The van der Waals surface area contributed by atoms with E-state index in [0.717, 1.165) is 31.4 Å². The van der Waals surface area contributed by atoms with Crippen molar-refractivity contribution in [3.05, 3.63) is 23.3 Å². The Morgan fingerprint density at radius 2 is 1.83 bits per heavy atom. The van der Waals surface area contributed by atoms with Crippen molar-refractivity contribution in [1.82, 2.24) is 10.2 Å². The SMILES string of the molecule is CCCC1(CCN(C)C)CNC(=O)c2cc(OC)c(OC)cc21. The molecule has 1 heterocycles. The number of benzene rings is 1. The smallest absolute Gasteiger partial charge is 0.251 e. The van der Waals surface area contributed by atoms with Crippen LogP contribution in [0.5, 0.6) is 11.5 Å². The van der Waals surface area contributed by atoms with Crippen molar-refractivity contribution in [2.24, 2.45) is 0 Å². The van der Waals surface area contributed by atoms with E-state index in [0.29, 0.717) is 23.6 Å². The highest BCUT2D eigenvalue weighted by Gasteiger charge is 2.39. The van der Waals surface area contributed by atoms with Crippen LogP contribution < -0.4 is 14.8 Å². The lowest BCUT2D eigenvalue weighted by molar-refractivity contribution is 0.0915. The third-order valence-electron chi connectivity index (χ3n) is 4.69. The zero-order valence-corrected chi connectivity index (χ0v) is 14.9. The van der Waals surface area contributed by atoms with Crippen molar-refractivity contribution < 1.29 is 14.3 Å². The van der Waals surface area contributed by atoms with E-state index in [1.807, 2.05) is 12.1 Å². The third kappa shape index (κ3) is 3.44. The van der Waals surface area contributed by atoms with Gasteiger partial charge in [-0.15, -0.1) is 0 Å². The fraction of sp³-hybridized carbons (Fsp3) is 0.611. The summed E-state index contributed by atoms with van der Waals surface area (Å²) in [4.78, 5) is 14.6. The van der Waals surface area contributed by atoms with Crippen LogP contribution in [0.1, 0.15) is 42.1 Å². The summed E-state index contributed by atoms with van der Waals surface area (Å²) in [6.45, 7) is 3.84. The molecule has 5 nitrogen and oxygen atoms in total. The van der Waals surface area contributed by atoms with E-state index >= 15 is 0 Å². The molecule has 1 aliphatic heterocycles. The molecule has 1 atom stereocenters. The molecule has 1 aromatic carbocycles. The average Bonchev–Trinajstić information content (AvgIpc) is 2.55. The lowest BCUT2D eigenvalue weighted by atomic mass is 9.70. The molecule has 1 unspecified atom stereocenters. The highest BCUT2D eigenvalue weighted by atomic mass is 16.5. The maximum absolute atomic E-state index is 12.4. The van der Waals surface area contributed by atoms with Crippen LogP contribution in [0.3, 0.4) is 0 Å². The fourth-order valence-electron chi connectivity index (χ4n) is 3.43. The van der Waals surface area contributed by atoms with Crippen LogP contribution in [0.4, 0.5) is 0 Å². The van der Waals surface area contributed by atoms with Gasteiger partial charge in [0.2, 0.25) is 0 Å². The number of ether oxygens (including phenoxy) is 2. The number of nitrogens with zero attached hydrogens (tertiary/aromatic N) is 1. The summed E-state index contributed by atoms with van der Waals surface area (Å²) in [5.74, 6) is 1.25. The molecule has 128 valence electrons. The first-order valence-electron chi connectivity index (χ1n) is 8.17. The second-order valence-corrected chi connectivity index (χ2v) is 6.52. The number of carbonyl (C=O) groups is 1. The van der Waals surface area contributed by atoms with E-state index in [9.17, 15) is 4.79 Å². The van der Waals surface area contributed by atoms with Gasteiger partial charge in [-0.05, 0) is 51.2 Å². The highest BCUT2D eigenvalue weighted by Crippen LogP contribution is 2.42. The number of carbonyl (C=O) groups excluding carboxylic acids is 1. The van der Waals surface area contributed by atoms with Gasteiger partial charge < -0.3 is 19.7 Å². The molecule has 1 aliphatic rings. The molecule has 0 saturated heterocycles. The minimum absolute atomic E-state index is 0.0301. The number of methoxy groups -OCH3 is 2. The lowest BCUT2D eigenvalue weighted by Crippen LogP contribution is -2.48. The topological polar surface area (TPSA) is 50.8 Å². The van der Waals surface area contributed by atoms with Crippen molar-refractivity contribution in [2.45, 2.75) is 31.6 Å². The van der Waals surface area contributed by atoms with Crippen LogP contribution in [0.15, 0.2) is 12.1 Å². The van der Waals surface area contributed by atoms with E-state index in [2.05, 4.69) is 31.2 Å². The largest absolute Gasteiger partial charge is 0.493 e. The molecular weight excluding hydrogens is 292 g/mol. The van der Waals surface area contributed by atoms with Crippen molar-refractivity contribution in [1.29, 1.82) is 0 Å². The Morgan fingerprint density at radius 1 is 1.17 bits per heavy atom. The van der Waals surface area contributed by atoms with E-state index in [1.165, 1.54) is 0 Å². The molecule has 1 amide bonds. The number of hydrogen-bond donors (Lipinski definition) is 1. The minimum atomic E-state index is -0.0538. The van der Waals surface area contributed by atoms with Gasteiger partial charge in [-0.25, -0.2) is 0 Å². The molecule has 2 rings (SSSR count). The van der Waals surface area contributed by atoms with E-state index in [1.54, 1.807) is 14.2 Å². The van der Waals surface area contributed by atoms with E-state index < -0.39 is 0 Å². The summed E-state index contributed by atoms with van der Waals surface area (Å²) in [5.41, 5.74) is 1.74. The van der Waals surface area contributed by atoms with E-state index in [-0.39, 0.29) is 11.3 Å². The third-order valence-corrected chi connectivity index (χ3v) is 4.69. The van der Waals surface area contributed by atoms with Crippen LogP contribution in [-0.2, 0) is 5.41 Å². The molecule has 23 heavy (non-hydrogen) atoms. The first-order valence-corrected chi connectivity index (χ1v) is 8.17. The molecule has 0 bridgehead atoms. The Morgan fingerprint density at radius 3 is 2.39 bits per heavy atom. The van der Waals surface area contributed by atoms with Gasteiger partial charge in [-0.3, -0.25) is 4.79 Å². The van der Waals surface area contributed by atoms with Crippen molar-refractivity contribution >= 4 is 5.91 Å². The Labute approximate surface area is 139 Å². The molecule has 0 aromatic heterocycles. The van der Waals surface area contributed by atoms with Gasteiger partial charge >= 0.3 is 0 Å². The first-order chi connectivity index (χ1) is 11.0. The normalized spacial score (nSPS) is 20.2. The monoisotopic (exact) mass is 320 g/mol. The number of fused-ring (bicyclic) bond motifs is 1. The van der Waals surface area contributed by atoms with Gasteiger partial charge in [0.05, 0.1) is 14.2 Å². The molecule has 1 aromatic rings. The molecule has 0 radical (unpaired) electrons. The van der Waals surface area contributed by atoms with E-state index in [4.69, 9.17) is 9.47 Å². The van der Waals surface area contributed by atoms with Gasteiger partial charge in [0.1, 0.15) is 0 Å². The molecular formula is C18H28N2O3. The lowest BCUT2D eigenvalue weighted by Gasteiger charge is -2.40. The average molecular weight is 320 g/mol. The number of amides is 1. The Bertz CT molecular complexity index is 572. The number of rotatable bonds is 7. The van der Waals surface area contributed by atoms with Gasteiger partial charge in [-0.2, -0.15) is 0 Å². The second-order valence-electron chi connectivity index (χ2n) is 6.52. The molecule has 0 saturated carbocycles. The summed E-state index contributed by atoms with van der Waals surface area (Å²) < 4.78 is 10.8. The predicted molar refractivity (Wildman–Crippen MR) is 91.6 cm³/mol. The summed E-state index contributed by atoms with van der Waals surface area (Å²) in [7, 11) is 7.39. The van der Waals surface area contributed by atoms with Crippen LogP contribution in [0, 0.1) is 0 Å². The van der Waals surface area contributed by atoms with Gasteiger partial charge in [0.15, 0.2) is 11.5 Å². The molecule has 0 fully saturated rings. The summed E-state index contributed by atoms with van der Waals surface area (Å²) >= 11 is 0. The van der Waals surface area contributed by atoms with Crippen molar-refractivity contribution in [3.63, 3.8) is 0 Å². The van der Waals surface area contributed by atoms with Crippen LogP contribution >= 0.6 is 0 Å². The predicted octanol–water partition coefficient (Wildman–Crippen LogP) is 2.44. The van der Waals surface area contributed by atoms with Gasteiger partial charge in [0.25, 0.3) is 5.91 Å². The highest BCUT2D eigenvalue weighted by molar-refractivity contribution is 5.98. The zero-order valence-electron chi connectivity index (χ0n) is 14.9. The summed E-state index contributed by atoms with van der Waals surface area (Å²) in [6.07, 6.45) is 3.09. The number of hydrogen-bond acceptors (Lipinski definition) is 4. The zero-order chi connectivity index (χ0) is 17.0. The first kappa shape index (κ1) is 17.6. The quantitative estimate of drug-likeness (QED) is 0.838. The number of nitrogens with one attached hydrogen (secondary N) is 1. The van der Waals surface area contributed by atoms with Crippen LogP contribution in [-0.4, -0.2) is 52.2 Å². The maximum atomic E-state index is 12.4. The maximum Gasteiger partial charge on any atom is 0.251 e. The standard InChI is InChI=1S/C18H28N2O3/c1-6-7-18(8-9-20(2)3)12-19-17(21)13-10-15(22-4)16(23-5)11-14(13)18/h10-11H,6-9,12H2,1-5H3,(H,19,21). The Hall–Kier alpha value is -1.75. The molecule has 0 spiro atoms. The molecule has 1 N–H and O–H groups in total. The van der Waals surface area contributed by atoms with Crippen molar-refractivity contribution in [3.8, 4) is 11.5 Å². The second kappa shape index (κ2) is 7.21. The van der Waals surface area contributed by atoms with Crippen LogP contribution in [0.2, 0.25) is 0 Å². The minimum Gasteiger partial charge on any atom is -0.493 e. The molecule has 0 aliphatic carbocycles. The summed E-state index contributed by atoms with van der Waals surface area (Å²) in [6, 6.07) is 3.81. The van der Waals surface area contributed by atoms with Crippen LogP contribution in [0.25, 0.3) is 0 Å². The summed E-state index contributed by atoms with van der Waals surface area (Å²) in [5, 5.41) is 3.07. The van der Waals surface area contributed by atoms with Crippen molar-refractivity contribution in [2.75, 3.05) is 41.4 Å². The Balaban J connectivity index is 2.55. The Kier molecular flexibility index (Phi) is 5.52. The fourth-order valence-corrected chi connectivity index (χ4v) is 3.43. The molecule has 5 heteroatoms. The van der Waals surface area contributed by atoms with Gasteiger partial charge in [0, 0.05) is 17.5 Å².